The standard InChI is InChI=1S/C23H36O3/c1-15(24)18-6-7-19-17-5-4-16-14-23(25-12-13-26-23)11-10-21(16,2)20(17)8-9-22(18,19)3/h16-20H,4-14H2,1-3H3/t16-,17-,18+,19-,20-,21-,22+/m0/s1. The Hall–Kier alpha value is -0.410. The van der Waals surface area contributed by atoms with Crippen LogP contribution >= 0.6 is 0 Å². The van der Waals surface area contributed by atoms with Crippen molar-refractivity contribution in [1.29, 1.82) is 0 Å². The van der Waals surface area contributed by atoms with Crippen molar-refractivity contribution in [2.45, 2.75) is 84.3 Å². The van der Waals surface area contributed by atoms with E-state index in [1.807, 2.05) is 6.92 Å². The summed E-state index contributed by atoms with van der Waals surface area (Å²) < 4.78 is 12.2. The lowest BCUT2D eigenvalue weighted by atomic mass is 9.44. The van der Waals surface area contributed by atoms with Crippen LogP contribution in [0.4, 0.5) is 0 Å². The van der Waals surface area contributed by atoms with E-state index in [4.69, 9.17) is 9.47 Å². The van der Waals surface area contributed by atoms with Gasteiger partial charge < -0.3 is 9.47 Å². The first kappa shape index (κ1) is 17.7. The SMILES string of the molecule is CC(=O)[C@H]1CC[C@H]2[C@@H]3CC[C@H]4CC5(CC[C@]4(C)[C@H]3CC[C@]12C)OCCO5. The van der Waals surface area contributed by atoms with E-state index in [-0.39, 0.29) is 11.2 Å². The molecule has 1 spiro atoms. The summed E-state index contributed by atoms with van der Waals surface area (Å²) in [6, 6.07) is 0. The predicted octanol–water partition coefficient (Wildman–Crippen LogP) is 4.98. The van der Waals surface area contributed by atoms with Crippen LogP contribution in [0.5, 0.6) is 0 Å². The Morgan fingerprint density at radius 3 is 2.31 bits per heavy atom. The normalized spacial score (nSPS) is 52.3. The minimum atomic E-state index is -0.243. The highest BCUT2D eigenvalue weighted by Gasteiger charge is 2.62. The Balaban J connectivity index is 1.40. The summed E-state index contributed by atoms with van der Waals surface area (Å²) >= 11 is 0. The summed E-state index contributed by atoms with van der Waals surface area (Å²) in [5.74, 6) is 3.76. The molecule has 1 heterocycles. The third-order valence-electron chi connectivity index (χ3n) is 9.97. The van der Waals surface area contributed by atoms with E-state index < -0.39 is 0 Å². The number of carbonyl (C=O) groups is 1. The molecule has 3 heteroatoms. The molecule has 4 aliphatic carbocycles. The number of fused-ring (bicyclic) bond motifs is 5. The fraction of sp³-hybridized carbons (Fsp3) is 0.957. The van der Waals surface area contributed by atoms with E-state index >= 15 is 0 Å². The summed E-state index contributed by atoms with van der Waals surface area (Å²) in [5, 5.41) is 0. The van der Waals surface area contributed by atoms with Gasteiger partial charge in [0.05, 0.1) is 13.2 Å². The average Bonchev–Trinajstić information content (AvgIpc) is 3.20. The van der Waals surface area contributed by atoms with Crippen LogP contribution in [0, 0.1) is 40.4 Å². The summed E-state index contributed by atoms with van der Waals surface area (Å²) in [6.45, 7) is 8.45. The minimum absolute atomic E-state index is 0.243. The molecule has 0 aromatic carbocycles. The molecule has 0 aromatic heterocycles. The van der Waals surface area contributed by atoms with Crippen molar-refractivity contribution < 1.29 is 14.3 Å². The molecule has 0 amide bonds. The highest BCUT2D eigenvalue weighted by molar-refractivity contribution is 5.79. The second-order valence-corrected chi connectivity index (χ2v) is 10.8. The molecule has 26 heavy (non-hydrogen) atoms. The molecule has 5 rings (SSSR count). The molecule has 4 saturated carbocycles. The second-order valence-electron chi connectivity index (χ2n) is 10.8. The van der Waals surface area contributed by atoms with Gasteiger partial charge in [0, 0.05) is 18.8 Å². The Bertz CT molecular complexity index is 594. The zero-order chi connectivity index (χ0) is 18.2. The van der Waals surface area contributed by atoms with Crippen LogP contribution in [0.15, 0.2) is 0 Å². The van der Waals surface area contributed by atoms with Crippen molar-refractivity contribution in [3.8, 4) is 0 Å². The maximum absolute atomic E-state index is 12.3. The summed E-state index contributed by atoms with van der Waals surface area (Å²) in [4.78, 5) is 12.3. The molecule has 1 aliphatic heterocycles. The molecule has 7 atom stereocenters. The van der Waals surface area contributed by atoms with Gasteiger partial charge in [0.25, 0.3) is 0 Å². The number of ketones is 1. The average molecular weight is 361 g/mol. The van der Waals surface area contributed by atoms with E-state index in [9.17, 15) is 4.79 Å². The van der Waals surface area contributed by atoms with Gasteiger partial charge in [0.2, 0.25) is 0 Å². The Labute approximate surface area is 158 Å². The van der Waals surface area contributed by atoms with E-state index in [0.29, 0.717) is 17.1 Å². The van der Waals surface area contributed by atoms with Crippen molar-refractivity contribution in [2.75, 3.05) is 13.2 Å². The molecular weight excluding hydrogens is 324 g/mol. The van der Waals surface area contributed by atoms with Gasteiger partial charge in [-0.2, -0.15) is 0 Å². The molecule has 0 radical (unpaired) electrons. The van der Waals surface area contributed by atoms with Crippen LogP contribution in [0.1, 0.15) is 78.6 Å². The fourth-order valence-electron chi connectivity index (χ4n) is 8.62. The largest absolute Gasteiger partial charge is 0.348 e. The van der Waals surface area contributed by atoms with Crippen molar-refractivity contribution >= 4 is 5.78 Å². The Kier molecular flexibility index (Phi) is 3.94. The molecule has 0 aromatic rings. The molecule has 0 N–H and O–H groups in total. The monoisotopic (exact) mass is 360 g/mol. The van der Waals surface area contributed by atoms with Crippen LogP contribution in [0.2, 0.25) is 0 Å². The van der Waals surface area contributed by atoms with Crippen molar-refractivity contribution in [2.24, 2.45) is 40.4 Å². The van der Waals surface area contributed by atoms with E-state index in [2.05, 4.69) is 13.8 Å². The molecule has 3 nitrogen and oxygen atoms in total. The molecule has 0 bridgehead atoms. The molecule has 1 saturated heterocycles. The number of carbonyl (C=O) groups excluding carboxylic acids is 1. The van der Waals surface area contributed by atoms with E-state index in [1.54, 1.807) is 0 Å². The van der Waals surface area contributed by atoms with Gasteiger partial charge in [-0.05, 0) is 86.4 Å². The number of Topliss-reactive ketones (excluding diaryl/α,β-unsaturated/α-hetero) is 1. The van der Waals surface area contributed by atoms with Gasteiger partial charge >= 0.3 is 0 Å². The van der Waals surface area contributed by atoms with Gasteiger partial charge in [-0.1, -0.05) is 13.8 Å². The summed E-state index contributed by atoms with van der Waals surface area (Å²) in [6.07, 6.45) is 11.2. The molecular formula is C23H36O3. The van der Waals surface area contributed by atoms with Crippen LogP contribution in [-0.4, -0.2) is 24.8 Å². The second kappa shape index (κ2) is 5.80. The van der Waals surface area contributed by atoms with Gasteiger partial charge in [0.15, 0.2) is 5.79 Å². The lowest BCUT2D eigenvalue weighted by Crippen LogP contribution is -2.56. The molecule has 5 fully saturated rings. The first-order chi connectivity index (χ1) is 12.4. The lowest BCUT2D eigenvalue weighted by Gasteiger charge is -2.61. The maximum Gasteiger partial charge on any atom is 0.168 e. The number of ether oxygens (including phenoxy) is 2. The van der Waals surface area contributed by atoms with Crippen LogP contribution < -0.4 is 0 Å². The minimum Gasteiger partial charge on any atom is -0.348 e. The predicted molar refractivity (Wildman–Crippen MR) is 101 cm³/mol. The zero-order valence-corrected chi connectivity index (χ0v) is 16.9. The third kappa shape index (κ3) is 2.28. The lowest BCUT2D eigenvalue weighted by molar-refractivity contribution is -0.229. The first-order valence-electron chi connectivity index (χ1n) is 11.2. The van der Waals surface area contributed by atoms with Crippen LogP contribution in [0.25, 0.3) is 0 Å². The zero-order valence-electron chi connectivity index (χ0n) is 16.9. The third-order valence-corrected chi connectivity index (χ3v) is 9.97. The van der Waals surface area contributed by atoms with Crippen LogP contribution in [0.3, 0.4) is 0 Å². The quantitative estimate of drug-likeness (QED) is 0.662. The van der Waals surface area contributed by atoms with Gasteiger partial charge in [0.1, 0.15) is 5.78 Å². The van der Waals surface area contributed by atoms with E-state index in [0.717, 1.165) is 56.1 Å². The highest BCUT2D eigenvalue weighted by atomic mass is 16.7. The van der Waals surface area contributed by atoms with E-state index in [1.165, 1.54) is 38.5 Å². The van der Waals surface area contributed by atoms with Crippen molar-refractivity contribution in [3.63, 3.8) is 0 Å². The number of rotatable bonds is 1. The number of hydrogen-bond donors (Lipinski definition) is 0. The van der Waals surface area contributed by atoms with Crippen LogP contribution in [-0.2, 0) is 14.3 Å². The highest BCUT2D eigenvalue weighted by Crippen LogP contribution is 2.68. The molecule has 5 aliphatic rings. The van der Waals surface area contributed by atoms with Gasteiger partial charge in [-0.25, -0.2) is 0 Å². The summed E-state index contributed by atoms with van der Waals surface area (Å²) in [7, 11) is 0. The topological polar surface area (TPSA) is 35.5 Å². The van der Waals surface area contributed by atoms with Gasteiger partial charge in [-0.15, -0.1) is 0 Å². The van der Waals surface area contributed by atoms with Crippen molar-refractivity contribution in [1.82, 2.24) is 0 Å². The molecule has 0 unspecified atom stereocenters. The van der Waals surface area contributed by atoms with Crippen molar-refractivity contribution in [3.05, 3.63) is 0 Å². The van der Waals surface area contributed by atoms with Gasteiger partial charge in [-0.3, -0.25) is 4.79 Å². The Morgan fingerprint density at radius 2 is 1.58 bits per heavy atom. The number of hydrogen-bond acceptors (Lipinski definition) is 3. The molecule has 146 valence electrons. The smallest absolute Gasteiger partial charge is 0.168 e. The summed E-state index contributed by atoms with van der Waals surface area (Å²) in [5.41, 5.74) is 0.739. The Morgan fingerprint density at radius 1 is 0.846 bits per heavy atom. The first-order valence-corrected chi connectivity index (χ1v) is 11.2. The fourth-order valence-corrected chi connectivity index (χ4v) is 8.62. The maximum atomic E-state index is 12.3.